The van der Waals surface area contributed by atoms with Gasteiger partial charge in [0.2, 0.25) is 0 Å². The summed E-state index contributed by atoms with van der Waals surface area (Å²) < 4.78 is 23.4. The van der Waals surface area contributed by atoms with Gasteiger partial charge in [-0.15, -0.1) is 11.3 Å². The van der Waals surface area contributed by atoms with E-state index in [0.717, 1.165) is 23.9 Å². The van der Waals surface area contributed by atoms with Crippen molar-refractivity contribution in [3.8, 4) is 11.3 Å². The molecule has 140 valence electrons. The number of anilines is 1. The molecular formula is C19H17ClN2O3S2. The van der Waals surface area contributed by atoms with Gasteiger partial charge in [-0.05, 0) is 30.2 Å². The van der Waals surface area contributed by atoms with Crippen molar-refractivity contribution in [2.24, 2.45) is 0 Å². The largest absolute Gasteiger partial charge is 0.298 e. The van der Waals surface area contributed by atoms with Crippen molar-refractivity contribution in [3.05, 3.63) is 64.0 Å². The molecule has 0 aliphatic rings. The van der Waals surface area contributed by atoms with Gasteiger partial charge >= 0.3 is 0 Å². The normalized spacial score (nSPS) is 11.4. The number of halogens is 1. The van der Waals surface area contributed by atoms with Crippen molar-refractivity contribution in [2.75, 3.05) is 11.6 Å². The van der Waals surface area contributed by atoms with Gasteiger partial charge in [0.25, 0.3) is 5.91 Å². The number of amides is 1. The number of hydrogen-bond donors (Lipinski definition) is 1. The molecule has 0 aliphatic heterocycles. The second kappa shape index (κ2) is 7.80. The smallest absolute Gasteiger partial charge is 0.259 e. The quantitative estimate of drug-likeness (QED) is 0.650. The molecule has 0 aliphatic carbocycles. The van der Waals surface area contributed by atoms with Crippen molar-refractivity contribution >= 4 is 43.8 Å². The summed E-state index contributed by atoms with van der Waals surface area (Å²) in [5.41, 5.74) is 3.04. The Morgan fingerprint density at radius 3 is 2.52 bits per heavy atom. The third-order valence-electron chi connectivity index (χ3n) is 3.99. The van der Waals surface area contributed by atoms with Crippen LogP contribution in [0.3, 0.4) is 0 Å². The van der Waals surface area contributed by atoms with Gasteiger partial charge < -0.3 is 0 Å². The summed E-state index contributed by atoms with van der Waals surface area (Å²) in [6.45, 7) is 2.09. The van der Waals surface area contributed by atoms with Crippen LogP contribution in [-0.2, 0) is 16.3 Å². The first kappa shape index (κ1) is 19.5. The molecule has 1 aromatic heterocycles. The molecular weight excluding hydrogens is 404 g/mol. The maximum absolute atomic E-state index is 12.5. The van der Waals surface area contributed by atoms with Crippen LogP contribution in [0.2, 0.25) is 5.02 Å². The molecule has 2 aromatic carbocycles. The number of benzene rings is 2. The SMILES string of the molecule is CCc1ccc(-c2csc(NC(=O)c3cc(S(C)(=O)=O)ccc3Cl)n2)cc1. The van der Waals surface area contributed by atoms with Crippen molar-refractivity contribution in [2.45, 2.75) is 18.2 Å². The monoisotopic (exact) mass is 420 g/mol. The highest BCUT2D eigenvalue weighted by atomic mass is 35.5. The zero-order valence-electron chi connectivity index (χ0n) is 14.7. The first-order valence-electron chi connectivity index (χ1n) is 8.13. The Hall–Kier alpha value is -2.22. The molecule has 0 saturated heterocycles. The Morgan fingerprint density at radius 1 is 1.19 bits per heavy atom. The lowest BCUT2D eigenvalue weighted by Crippen LogP contribution is -2.13. The van der Waals surface area contributed by atoms with E-state index in [1.807, 2.05) is 29.6 Å². The lowest BCUT2D eigenvalue weighted by Gasteiger charge is -2.06. The Labute approximate surface area is 167 Å². The van der Waals surface area contributed by atoms with E-state index >= 15 is 0 Å². The molecule has 0 bridgehead atoms. The fourth-order valence-corrected chi connectivity index (χ4v) is 4.01. The Balaban J connectivity index is 1.82. The number of rotatable bonds is 5. The summed E-state index contributed by atoms with van der Waals surface area (Å²) in [6.07, 6.45) is 2.04. The van der Waals surface area contributed by atoms with Gasteiger partial charge in [-0.1, -0.05) is 42.8 Å². The van der Waals surface area contributed by atoms with E-state index in [1.54, 1.807) is 0 Å². The predicted molar refractivity (Wildman–Crippen MR) is 109 cm³/mol. The van der Waals surface area contributed by atoms with Crippen LogP contribution in [-0.4, -0.2) is 25.6 Å². The fourth-order valence-electron chi connectivity index (χ4n) is 2.45. The molecule has 5 nitrogen and oxygen atoms in total. The summed E-state index contributed by atoms with van der Waals surface area (Å²) >= 11 is 7.35. The van der Waals surface area contributed by atoms with Crippen LogP contribution in [0.1, 0.15) is 22.8 Å². The van der Waals surface area contributed by atoms with E-state index in [0.29, 0.717) is 5.13 Å². The highest BCUT2D eigenvalue weighted by molar-refractivity contribution is 7.90. The molecule has 0 radical (unpaired) electrons. The van der Waals surface area contributed by atoms with E-state index in [2.05, 4.69) is 17.2 Å². The topological polar surface area (TPSA) is 76.1 Å². The number of thiazole rings is 1. The number of hydrogen-bond acceptors (Lipinski definition) is 5. The van der Waals surface area contributed by atoms with Gasteiger partial charge in [0, 0.05) is 17.2 Å². The Bertz CT molecular complexity index is 1090. The minimum absolute atomic E-state index is 0.0351. The summed E-state index contributed by atoms with van der Waals surface area (Å²) in [7, 11) is -3.44. The van der Waals surface area contributed by atoms with Crippen molar-refractivity contribution in [1.82, 2.24) is 4.98 Å². The first-order chi connectivity index (χ1) is 12.8. The molecule has 0 saturated carbocycles. The number of sulfone groups is 1. The van der Waals surface area contributed by atoms with Gasteiger partial charge in [0.05, 0.1) is 21.2 Å². The van der Waals surface area contributed by atoms with Crippen LogP contribution < -0.4 is 5.32 Å². The lowest BCUT2D eigenvalue weighted by atomic mass is 10.1. The van der Waals surface area contributed by atoms with Gasteiger partial charge in [0.15, 0.2) is 15.0 Å². The second-order valence-corrected chi connectivity index (χ2v) is 9.24. The van der Waals surface area contributed by atoms with Crippen molar-refractivity contribution < 1.29 is 13.2 Å². The van der Waals surface area contributed by atoms with E-state index in [4.69, 9.17) is 11.6 Å². The van der Waals surface area contributed by atoms with Crippen molar-refractivity contribution in [3.63, 3.8) is 0 Å². The van der Waals surface area contributed by atoms with E-state index in [1.165, 1.54) is 35.1 Å². The van der Waals surface area contributed by atoms with Gasteiger partial charge in [0.1, 0.15) is 0 Å². The summed E-state index contributed by atoms with van der Waals surface area (Å²) in [6, 6.07) is 12.1. The zero-order chi connectivity index (χ0) is 19.6. The zero-order valence-corrected chi connectivity index (χ0v) is 17.1. The van der Waals surface area contributed by atoms with Gasteiger partial charge in [-0.2, -0.15) is 0 Å². The molecule has 0 spiro atoms. The average Bonchev–Trinajstić information content (AvgIpc) is 3.09. The predicted octanol–water partition coefficient (Wildman–Crippen LogP) is 4.68. The molecule has 0 unspecified atom stereocenters. The molecule has 8 heteroatoms. The third-order valence-corrected chi connectivity index (χ3v) is 6.19. The van der Waals surface area contributed by atoms with Gasteiger partial charge in [-0.25, -0.2) is 13.4 Å². The highest BCUT2D eigenvalue weighted by Crippen LogP contribution is 2.27. The fraction of sp³-hybridized carbons (Fsp3) is 0.158. The van der Waals surface area contributed by atoms with Crippen LogP contribution in [0.4, 0.5) is 5.13 Å². The van der Waals surface area contributed by atoms with Crippen LogP contribution >= 0.6 is 22.9 Å². The molecule has 1 heterocycles. The molecule has 0 fully saturated rings. The lowest BCUT2D eigenvalue weighted by molar-refractivity contribution is 0.102. The molecule has 0 atom stereocenters. The van der Waals surface area contributed by atoms with E-state index in [9.17, 15) is 13.2 Å². The summed E-state index contributed by atoms with van der Waals surface area (Å²) in [5, 5.41) is 5.12. The number of aromatic nitrogens is 1. The standard InChI is InChI=1S/C19H17ClN2O3S2/c1-3-12-4-6-13(7-5-12)17-11-26-19(21-17)22-18(23)15-10-14(27(2,24)25)8-9-16(15)20/h4-11H,3H2,1-2H3,(H,21,22,23). The first-order valence-corrected chi connectivity index (χ1v) is 11.3. The molecule has 27 heavy (non-hydrogen) atoms. The maximum atomic E-state index is 12.5. The van der Waals surface area contributed by atoms with E-state index < -0.39 is 15.7 Å². The number of nitrogens with zero attached hydrogens (tertiary/aromatic N) is 1. The molecule has 3 aromatic rings. The maximum Gasteiger partial charge on any atom is 0.259 e. The Kier molecular flexibility index (Phi) is 5.64. The van der Waals surface area contributed by atoms with Crippen molar-refractivity contribution in [1.29, 1.82) is 0 Å². The highest BCUT2D eigenvalue weighted by Gasteiger charge is 2.17. The Morgan fingerprint density at radius 2 is 1.89 bits per heavy atom. The minimum Gasteiger partial charge on any atom is -0.298 e. The summed E-state index contributed by atoms with van der Waals surface area (Å²) in [4.78, 5) is 17.0. The number of nitrogens with one attached hydrogen (secondary N) is 1. The van der Waals surface area contributed by atoms with Crippen LogP contribution in [0, 0.1) is 0 Å². The second-order valence-electron chi connectivity index (χ2n) is 5.96. The number of carbonyl (C=O) groups excluding carboxylic acids is 1. The van der Waals surface area contributed by atoms with Crippen LogP contribution in [0.5, 0.6) is 0 Å². The van der Waals surface area contributed by atoms with Crippen LogP contribution in [0.15, 0.2) is 52.7 Å². The minimum atomic E-state index is -3.44. The molecule has 1 N–H and O–H groups in total. The number of aryl methyl sites for hydroxylation is 1. The van der Waals surface area contributed by atoms with Gasteiger partial charge in [-0.3, -0.25) is 10.1 Å². The summed E-state index contributed by atoms with van der Waals surface area (Å²) in [5.74, 6) is -0.507. The van der Waals surface area contributed by atoms with E-state index in [-0.39, 0.29) is 15.5 Å². The average molecular weight is 421 g/mol. The molecule has 1 amide bonds. The molecule has 3 rings (SSSR count). The van der Waals surface area contributed by atoms with Crippen LogP contribution in [0.25, 0.3) is 11.3 Å². The third kappa shape index (κ3) is 4.55. The number of carbonyl (C=O) groups is 1.